The molecule has 0 radical (unpaired) electrons. The van der Waals surface area contributed by atoms with E-state index in [2.05, 4.69) is 10.3 Å². The number of aromatic nitrogens is 2. The third kappa shape index (κ3) is 3.48. The standard InChI is InChI=1S/C19H21N3O4/c1-24-9-8-20-19(23)13-4-6-16-15(10-13)21-12-22(16)17-11-14(25-2)5-7-18(17)26-3/h4-7,10-12H,8-9H2,1-3H3,(H,20,23). The Morgan fingerprint density at radius 1 is 1.12 bits per heavy atom. The third-order valence-corrected chi connectivity index (χ3v) is 4.05. The SMILES string of the molecule is COCCNC(=O)c1ccc2c(c1)ncn2-c1cc(OC)ccc1OC. The Kier molecular flexibility index (Phi) is 5.38. The molecule has 7 nitrogen and oxygen atoms in total. The summed E-state index contributed by atoms with van der Waals surface area (Å²) in [6.07, 6.45) is 1.70. The van der Waals surface area contributed by atoms with Crippen molar-refractivity contribution in [1.29, 1.82) is 0 Å². The van der Waals surface area contributed by atoms with Crippen LogP contribution in [0.15, 0.2) is 42.7 Å². The maximum Gasteiger partial charge on any atom is 0.251 e. The van der Waals surface area contributed by atoms with Crippen LogP contribution in [-0.4, -0.2) is 49.9 Å². The van der Waals surface area contributed by atoms with Crippen LogP contribution in [0.2, 0.25) is 0 Å². The fourth-order valence-electron chi connectivity index (χ4n) is 2.70. The number of carbonyl (C=O) groups is 1. The predicted octanol–water partition coefficient (Wildman–Crippen LogP) is 2.42. The number of nitrogens with zero attached hydrogens (tertiary/aromatic N) is 2. The van der Waals surface area contributed by atoms with Crippen LogP contribution in [0.25, 0.3) is 16.7 Å². The molecule has 136 valence electrons. The van der Waals surface area contributed by atoms with Gasteiger partial charge in [-0.2, -0.15) is 0 Å². The van der Waals surface area contributed by atoms with Crippen molar-refractivity contribution >= 4 is 16.9 Å². The molecule has 26 heavy (non-hydrogen) atoms. The summed E-state index contributed by atoms with van der Waals surface area (Å²) in [6, 6.07) is 11.0. The van der Waals surface area contributed by atoms with Gasteiger partial charge in [0.2, 0.25) is 0 Å². The number of ether oxygens (including phenoxy) is 3. The van der Waals surface area contributed by atoms with Gasteiger partial charge in [0.15, 0.2) is 0 Å². The summed E-state index contributed by atoms with van der Waals surface area (Å²) in [4.78, 5) is 16.6. The highest BCUT2D eigenvalue weighted by molar-refractivity contribution is 5.97. The van der Waals surface area contributed by atoms with Gasteiger partial charge in [0.05, 0.1) is 37.5 Å². The van der Waals surface area contributed by atoms with Crippen LogP contribution in [0.3, 0.4) is 0 Å². The molecule has 0 aliphatic carbocycles. The zero-order valence-electron chi connectivity index (χ0n) is 15.0. The molecule has 0 saturated carbocycles. The summed E-state index contributed by atoms with van der Waals surface area (Å²) in [7, 11) is 4.83. The van der Waals surface area contributed by atoms with E-state index in [4.69, 9.17) is 14.2 Å². The van der Waals surface area contributed by atoms with Crippen LogP contribution in [0.5, 0.6) is 11.5 Å². The molecule has 0 bridgehead atoms. The zero-order valence-corrected chi connectivity index (χ0v) is 15.0. The first-order valence-corrected chi connectivity index (χ1v) is 8.14. The smallest absolute Gasteiger partial charge is 0.251 e. The topological polar surface area (TPSA) is 74.6 Å². The monoisotopic (exact) mass is 355 g/mol. The Labute approximate surface area is 151 Å². The summed E-state index contributed by atoms with van der Waals surface area (Å²) in [5.41, 5.74) is 2.95. The van der Waals surface area contributed by atoms with Gasteiger partial charge in [0.1, 0.15) is 17.8 Å². The van der Waals surface area contributed by atoms with E-state index in [-0.39, 0.29) is 5.91 Å². The summed E-state index contributed by atoms with van der Waals surface area (Å²) >= 11 is 0. The van der Waals surface area contributed by atoms with Crippen molar-refractivity contribution in [2.24, 2.45) is 0 Å². The fraction of sp³-hybridized carbons (Fsp3) is 0.263. The molecule has 0 atom stereocenters. The molecule has 0 unspecified atom stereocenters. The molecule has 1 heterocycles. The summed E-state index contributed by atoms with van der Waals surface area (Å²) < 4.78 is 17.6. The second-order valence-electron chi connectivity index (χ2n) is 5.60. The van der Waals surface area contributed by atoms with Crippen LogP contribution in [-0.2, 0) is 4.74 Å². The normalized spacial score (nSPS) is 10.7. The van der Waals surface area contributed by atoms with Crippen molar-refractivity contribution in [2.75, 3.05) is 34.5 Å². The van der Waals surface area contributed by atoms with Crippen LogP contribution >= 0.6 is 0 Å². The van der Waals surface area contributed by atoms with Gasteiger partial charge in [0.25, 0.3) is 5.91 Å². The minimum Gasteiger partial charge on any atom is -0.497 e. The van der Waals surface area contributed by atoms with Crippen molar-refractivity contribution in [3.63, 3.8) is 0 Å². The van der Waals surface area contributed by atoms with Crippen molar-refractivity contribution in [3.05, 3.63) is 48.3 Å². The number of hydrogen-bond donors (Lipinski definition) is 1. The molecule has 0 aliphatic heterocycles. The first kappa shape index (κ1) is 17.8. The van der Waals surface area contributed by atoms with Gasteiger partial charge >= 0.3 is 0 Å². The van der Waals surface area contributed by atoms with Crippen LogP contribution in [0.1, 0.15) is 10.4 Å². The summed E-state index contributed by atoms with van der Waals surface area (Å²) in [5, 5.41) is 2.80. The number of hydrogen-bond acceptors (Lipinski definition) is 5. The van der Waals surface area contributed by atoms with Gasteiger partial charge in [0, 0.05) is 25.3 Å². The van der Waals surface area contributed by atoms with Gasteiger partial charge < -0.3 is 19.5 Å². The molecule has 0 fully saturated rings. The second-order valence-corrected chi connectivity index (χ2v) is 5.60. The van der Waals surface area contributed by atoms with E-state index in [0.29, 0.717) is 30.0 Å². The van der Waals surface area contributed by atoms with Gasteiger partial charge in [-0.1, -0.05) is 0 Å². The summed E-state index contributed by atoms with van der Waals surface area (Å²) in [6.45, 7) is 0.932. The molecule has 7 heteroatoms. The molecule has 3 rings (SSSR count). The lowest BCUT2D eigenvalue weighted by Crippen LogP contribution is -2.26. The average Bonchev–Trinajstić information content (AvgIpc) is 3.10. The highest BCUT2D eigenvalue weighted by Crippen LogP contribution is 2.30. The molecular weight excluding hydrogens is 334 g/mol. The molecule has 1 amide bonds. The minimum absolute atomic E-state index is 0.155. The van der Waals surface area contributed by atoms with Crippen molar-refractivity contribution in [2.45, 2.75) is 0 Å². The number of methoxy groups -OCH3 is 3. The lowest BCUT2D eigenvalue weighted by Gasteiger charge is -2.12. The molecule has 0 saturated heterocycles. The Hall–Kier alpha value is -3.06. The Bertz CT molecular complexity index is 920. The van der Waals surface area contributed by atoms with Crippen LogP contribution in [0.4, 0.5) is 0 Å². The number of carbonyl (C=O) groups excluding carboxylic acids is 1. The number of imidazole rings is 1. The van der Waals surface area contributed by atoms with Gasteiger partial charge in [-0.25, -0.2) is 4.98 Å². The fourth-order valence-corrected chi connectivity index (χ4v) is 2.70. The first-order chi connectivity index (χ1) is 12.7. The Morgan fingerprint density at radius 2 is 1.96 bits per heavy atom. The zero-order chi connectivity index (χ0) is 18.5. The van der Waals surface area contributed by atoms with Crippen molar-refractivity contribution in [1.82, 2.24) is 14.9 Å². The molecule has 2 aromatic carbocycles. The van der Waals surface area contributed by atoms with Crippen molar-refractivity contribution < 1.29 is 19.0 Å². The average molecular weight is 355 g/mol. The second kappa shape index (κ2) is 7.88. The number of rotatable bonds is 7. The van der Waals surface area contributed by atoms with E-state index in [0.717, 1.165) is 17.0 Å². The highest BCUT2D eigenvalue weighted by Gasteiger charge is 2.13. The van der Waals surface area contributed by atoms with Gasteiger partial charge in [-0.05, 0) is 30.3 Å². The minimum atomic E-state index is -0.155. The number of fused-ring (bicyclic) bond motifs is 1. The molecule has 3 aromatic rings. The lowest BCUT2D eigenvalue weighted by molar-refractivity contribution is 0.0937. The predicted molar refractivity (Wildman–Crippen MR) is 98.4 cm³/mol. The van der Waals surface area contributed by atoms with E-state index in [1.165, 1.54) is 0 Å². The Morgan fingerprint density at radius 3 is 2.69 bits per heavy atom. The lowest BCUT2D eigenvalue weighted by atomic mass is 10.2. The quantitative estimate of drug-likeness (QED) is 0.659. The van der Waals surface area contributed by atoms with Crippen LogP contribution in [0, 0.1) is 0 Å². The first-order valence-electron chi connectivity index (χ1n) is 8.14. The molecule has 0 aliphatic rings. The van der Waals surface area contributed by atoms with Gasteiger partial charge in [-0.15, -0.1) is 0 Å². The summed E-state index contributed by atoms with van der Waals surface area (Å²) in [5.74, 6) is 1.26. The molecule has 1 N–H and O–H groups in total. The highest BCUT2D eigenvalue weighted by atomic mass is 16.5. The Balaban J connectivity index is 1.96. The van der Waals surface area contributed by atoms with E-state index in [9.17, 15) is 4.79 Å². The van der Waals surface area contributed by atoms with E-state index < -0.39 is 0 Å². The number of amides is 1. The maximum absolute atomic E-state index is 12.2. The van der Waals surface area contributed by atoms with E-state index in [1.54, 1.807) is 39.8 Å². The largest absolute Gasteiger partial charge is 0.497 e. The van der Waals surface area contributed by atoms with Gasteiger partial charge in [-0.3, -0.25) is 9.36 Å². The van der Waals surface area contributed by atoms with Crippen molar-refractivity contribution in [3.8, 4) is 17.2 Å². The van der Waals surface area contributed by atoms with E-state index >= 15 is 0 Å². The van der Waals surface area contributed by atoms with E-state index in [1.807, 2.05) is 28.8 Å². The maximum atomic E-state index is 12.2. The van der Waals surface area contributed by atoms with Crippen LogP contribution < -0.4 is 14.8 Å². The number of benzene rings is 2. The number of nitrogens with one attached hydrogen (secondary N) is 1. The molecule has 1 aromatic heterocycles. The molecular formula is C19H21N3O4. The molecule has 0 spiro atoms. The third-order valence-electron chi connectivity index (χ3n) is 4.05.